The smallest absolute Gasteiger partial charge is 0.411 e. The van der Waals surface area contributed by atoms with E-state index >= 15 is 0 Å². The van der Waals surface area contributed by atoms with Crippen molar-refractivity contribution in [2.75, 3.05) is 0 Å². The van der Waals surface area contributed by atoms with Crippen LogP contribution in [0.2, 0.25) is 0 Å². The highest BCUT2D eigenvalue weighted by Crippen LogP contribution is 2.58. The first kappa shape index (κ1) is 23.8. The highest BCUT2D eigenvalue weighted by Gasteiger charge is 2.72. The molecule has 2 aromatic rings. The van der Waals surface area contributed by atoms with Crippen molar-refractivity contribution in [3.63, 3.8) is 0 Å². The van der Waals surface area contributed by atoms with Crippen LogP contribution in [0.5, 0.6) is 11.5 Å². The van der Waals surface area contributed by atoms with Gasteiger partial charge in [-0.2, -0.15) is 26.3 Å². The minimum absolute atomic E-state index is 0.123. The maximum atomic E-state index is 14.6. The number of alkyl halides is 6. The zero-order valence-electron chi connectivity index (χ0n) is 17.9. The van der Waals surface area contributed by atoms with Gasteiger partial charge in [0.25, 0.3) is 0 Å². The van der Waals surface area contributed by atoms with Crippen molar-refractivity contribution in [1.29, 1.82) is 0 Å². The molecule has 2 saturated carbocycles. The Morgan fingerprint density at radius 1 is 0.576 bits per heavy atom. The second-order valence-corrected chi connectivity index (χ2v) is 9.26. The molecule has 2 nitrogen and oxygen atoms in total. The van der Waals surface area contributed by atoms with Gasteiger partial charge in [-0.05, 0) is 71.9 Å². The predicted molar refractivity (Wildman–Crippen MR) is 112 cm³/mol. The Morgan fingerprint density at radius 3 is 1.21 bits per heavy atom. The van der Waals surface area contributed by atoms with Crippen molar-refractivity contribution < 1.29 is 36.6 Å². The van der Waals surface area contributed by atoms with E-state index < -0.39 is 28.9 Å². The summed E-state index contributed by atoms with van der Waals surface area (Å²) in [4.78, 5) is 0. The molecule has 0 amide bonds. The number of aromatic hydroxyl groups is 2. The van der Waals surface area contributed by atoms with E-state index in [1.54, 1.807) is 0 Å². The molecule has 2 N–H and O–H groups in total. The summed E-state index contributed by atoms with van der Waals surface area (Å²) >= 11 is 0. The summed E-state index contributed by atoms with van der Waals surface area (Å²) in [6.07, 6.45) is -5.78. The van der Waals surface area contributed by atoms with Crippen molar-refractivity contribution in [3.8, 4) is 11.5 Å². The highest BCUT2D eigenvalue weighted by molar-refractivity contribution is 5.52. The van der Waals surface area contributed by atoms with Crippen LogP contribution >= 0.6 is 0 Å². The third-order valence-corrected chi connectivity index (χ3v) is 7.36. The van der Waals surface area contributed by atoms with Crippen LogP contribution in [0.15, 0.2) is 36.4 Å². The molecule has 8 heteroatoms. The SMILES string of the molecule is Oc1ccc(C(c2ccc(O)c(C3CCCC3)c2)(C(F)(F)F)C(F)(F)F)cc1C1CCCC1. The maximum Gasteiger partial charge on any atom is 0.411 e. The number of hydrogen-bond donors (Lipinski definition) is 2. The van der Waals surface area contributed by atoms with E-state index in [0.29, 0.717) is 25.7 Å². The lowest BCUT2D eigenvalue weighted by Gasteiger charge is -2.39. The summed E-state index contributed by atoms with van der Waals surface area (Å²) in [5, 5.41) is 20.5. The van der Waals surface area contributed by atoms with Gasteiger partial charge in [-0.3, -0.25) is 0 Å². The van der Waals surface area contributed by atoms with E-state index in [1.165, 1.54) is 0 Å². The minimum Gasteiger partial charge on any atom is -0.508 e. The van der Waals surface area contributed by atoms with Gasteiger partial charge in [-0.1, -0.05) is 49.9 Å². The lowest BCUT2D eigenvalue weighted by atomic mass is 9.71. The second kappa shape index (κ2) is 8.44. The van der Waals surface area contributed by atoms with Gasteiger partial charge in [0.15, 0.2) is 0 Å². The number of hydrogen-bond acceptors (Lipinski definition) is 2. The van der Waals surface area contributed by atoms with Crippen LogP contribution in [-0.4, -0.2) is 22.6 Å². The van der Waals surface area contributed by atoms with Crippen LogP contribution in [0.3, 0.4) is 0 Å². The van der Waals surface area contributed by atoms with Crippen molar-refractivity contribution in [2.24, 2.45) is 0 Å². The molecule has 2 aliphatic carbocycles. The van der Waals surface area contributed by atoms with Crippen LogP contribution in [0.25, 0.3) is 0 Å². The summed E-state index contributed by atoms with van der Waals surface area (Å²) in [6, 6.07) is 5.08. The quantitative estimate of drug-likeness (QED) is 0.445. The van der Waals surface area contributed by atoms with E-state index in [1.807, 2.05) is 0 Å². The van der Waals surface area contributed by atoms with Gasteiger partial charge in [-0.15, -0.1) is 0 Å². The van der Waals surface area contributed by atoms with E-state index in [4.69, 9.17) is 0 Å². The van der Waals surface area contributed by atoms with Gasteiger partial charge in [0.05, 0.1) is 0 Å². The first-order valence-corrected chi connectivity index (χ1v) is 11.3. The Labute approximate surface area is 188 Å². The Hall–Kier alpha value is -2.38. The maximum absolute atomic E-state index is 14.6. The van der Waals surface area contributed by atoms with Gasteiger partial charge in [0, 0.05) is 0 Å². The Morgan fingerprint density at radius 2 is 0.909 bits per heavy atom. The van der Waals surface area contributed by atoms with Gasteiger partial charge in [0.2, 0.25) is 5.41 Å². The first-order valence-electron chi connectivity index (χ1n) is 11.3. The van der Waals surface area contributed by atoms with Crippen LogP contribution in [0, 0.1) is 0 Å². The van der Waals surface area contributed by atoms with Crippen molar-refractivity contribution in [1.82, 2.24) is 0 Å². The van der Waals surface area contributed by atoms with Gasteiger partial charge < -0.3 is 10.2 Å². The fraction of sp³-hybridized carbons (Fsp3) is 0.520. The largest absolute Gasteiger partial charge is 0.508 e. The molecule has 2 aliphatic rings. The normalized spacial score (nSPS) is 18.8. The number of halogens is 6. The highest BCUT2D eigenvalue weighted by atomic mass is 19.4. The standard InChI is InChI=1S/C25H26F6O2/c26-24(27,28)23(25(29,30)31,17-9-11-21(32)19(13-17)15-5-1-2-6-15)18-10-12-22(33)20(14-18)16-7-3-4-8-16/h9-16,32-33H,1-8H2. The van der Waals surface area contributed by atoms with E-state index in [0.717, 1.165) is 62.1 Å². The predicted octanol–water partition coefficient (Wildman–Crippen LogP) is 7.82. The average molecular weight is 472 g/mol. The van der Waals surface area contributed by atoms with E-state index in [-0.39, 0.29) is 34.5 Å². The lowest BCUT2D eigenvalue weighted by molar-refractivity contribution is -0.288. The molecule has 0 aliphatic heterocycles. The summed E-state index contributed by atoms with van der Waals surface area (Å²) in [5.41, 5.74) is -5.98. The molecule has 0 aromatic heterocycles. The number of benzene rings is 2. The van der Waals surface area contributed by atoms with Crippen LogP contribution in [0.1, 0.15) is 85.5 Å². The Balaban J connectivity index is 1.97. The lowest BCUT2D eigenvalue weighted by Crippen LogP contribution is -2.54. The number of phenols is 2. The minimum atomic E-state index is -5.71. The molecule has 33 heavy (non-hydrogen) atoms. The van der Waals surface area contributed by atoms with E-state index in [2.05, 4.69) is 0 Å². The van der Waals surface area contributed by atoms with Gasteiger partial charge >= 0.3 is 12.4 Å². The monoisotopic (exact) mass is 472 g/mol. The molecule has 0 heterocycles. The zero-order valence-corrected chi connectivity index (χ0v) is 17.9. The summed E-state index contributed by atoms with van der Waals surface area (Å²) in [6.45, 7) is 0. The molecule has 0 unspecified atom stereocenters. The fourth-order valence-electron chi connectivity index (χ4n) is 5.69. The molecule has 0 radical (unpaired) electrons. The van der Waals surface area contributed by atoms with E-state index in [9.17, 15) is 36.6 Å². The van der Waals surface area contributed by atoms with Crippen molar-refractivity contribution in [2.45, 2.75) is 81.0 Å². The van der Waals surface area contributed by atoms with Gasteiger partial charge in [-0.25, -0.2) is 0 Å². The molecule has 0 spiro atoms. The molecule has 0 saturated heterocycles. The third-order valence-electron chi connectivity index (χ3n) is 7.36. The summed E-state index contributed by atoms with van der Waals surface area (Å²) < 4.78 is 87.7. The molecule has 2 aromatic carbocycles. The van der Waals surface area contributed by atoms with Crippen LogP contribution in [-0.2, 0) is 5.41 Å². The average Bonchev–Trinajstić information content (AvgIpc) is 3.42. The fourth-order valence-corrected chi connectivity index (χ4v) is 5.69. The topological polar surface area (TPSA) is 40.5 Å². The molecule has 4 rings (SSSR count). The Bertz CT molecular complexity index is 917. The number of phenolic OH excluding ortho intramolecular Hbond substituents is 2. The second-order valence-electron chi connectivity index (χ2n) is 9.26. The molecule has 0 atom stereocenters. The summed E-state index contributed by atoms with van der Waals surface area (Å²) in [5.74, 6) is -1.14. The molecule has 180 valence electrons. The summed E-state index contributed by atoms with van der Waals surface area (Å²) in [7, 11) is 0. The Kier molecular flexibility index (Phi) is 6.08. The molecular weight excluding hydrogens is 446 g/mol. The van der Waals surface area contributed by atoms with Gasteiger partial charge in [0.1, 0.15) is 11.5 Å². The van der Waals surface area contributed by atoms with Crippen molar-refractivity contribution >= 4 is 0 Å². The number of rotatable bonds is 4. The zero-order chi connectivity index (χ0) is 24.0. The van der Waals surface area contributed by atoms with Crippen LogP contribution < -0.4 is 0 Å². The molecule has 2 fully saturated rings. The first-order chi connectivity index (χ1) is 15.5. The van der Waals surface area contributed by atoms with Crippen LogP contribution in [0.4, 0.5) is 26.3 Å². The molecule has 0 bridgehead atoms. The third kappa shape index (κ3) is 3.95. The molecular formula is C25H26F6O2. The van der Waals surface area contributed by atoms with Crippen molar-refractivity contribution in [3.05, 3.63) is 58.7 Å².